The lowest BCUT2D eigenvalue weighted by Crippen LogP contribution is -2.37. The van der Waals surface area contributed by atoms with Gasteiger partial charge in [0.15, 0.2) is 0 Å². The Hall–Kier alpha value is -1.81. The molecule has 0 atom stereocenters. The van der Waals surface area contributed by atoms with Crippen molar-refractivity contribution in [1.29, 1.82) is 0 Å². The van der Waals surface area contributed by atoms with E-state index in [0.29, 0.717) is 13.1 Å². The summed E-state index contributed by atoms with van der Waals surface area (Å²) in [7, 11) is 0. The third kappa shape index (κ3) is 3.34. The van der Waals surface area contributed by atoms with Crippen LogP contribution in [-0.4, -0.2) is 23.5 Å². The van der Waals surface area contributed by atoms with Gasteiger partial charge in [0.25, 0.3) is 0 Å². The van der Waals surface area contributed by atoms with Gasteiger partial charge in [0.1, 0.15) is 0 Å². The number of fused-ring (bicyclic) bond motifs is 1. The highest BCUT2D eigenvalue weighted by molar-refractivity contribution is 5.80. The van der Waals surface area contributed by atoms with E-state index in [1.54, 1.807) is 0 Å². The summed E-state index contributed by atoms with van der Waals surface area (Å²) in [5, 5.41) is 7.19. The highest BCUT2D eigenvalue weighted by Crippen LogP contribution is 2.13. The van der Waals surface area contributed by atoms with Gasteiger partial charge in [-0.3, -0.25) is 4.79 Å². The summed E-state index contributed by atoms with van der Waals surface area (Å²) >= 11 is 0. The first-order chi connectivity index (χ1) is 8.65. The molecule has 0 unspecified atom stereocenters. The van der Waals surface area contributed by atoms with E-state index >= 15 is 0 Å². The van der Waals surface area contributed by atoms with Crippen molar-refractivity contribution in [2.75, 3.05) is 6.54 Å². The molecule has 0 aliphatic rings. The number of benzene rings is 1. The normalized spacial score (nSPS) is 11.1. The monoisotopic (exact) mass is 245 g/mol. The third-order valence-corrected chi connectivity index (χ3v) is 2.68. The van der Waals surface area contributed by atoms with Gasteiger partial charge in [-0.25, -0.2) is 0 Å². The number of rotatable bonds is 5. The van der Waals surface area contributed by atoms with Crippen LogP contribution in [0.3, 0.4) is 0 Å². The fraction of sp³-hybridized carbons (Fsp3) is 0.357. The van der Waals surface area contributed by atoms with Gasteiger partial charge >= 0.3 is 0 Å². The van der Waals surface area contributed by atoms with Crippen LogP contribution >= 0.6 is 0 Å². The first-order valence-corrected chi connectivity index (χ1v) is 6.21. The van der Waals surface area contributed by atoms with E-state index in [9.17, 15) is 4.79 Å². The molecule has 1 aromatic heterocycles. The lowest BCUT2D eigenvalue weighted by atomic mass is 10.1. The average Bonchev–Trinajstić information content (AvgIpc) is 2.75. The van der Waals surface area contributed by atoms with Crippen LogP contribution in [0.25, 0.3) is 10.9 Å². The van der Waals surface area contributed by atoms with E-state index in [2.05, 4.69) is 33.8 Å². The SMILES string of the molecule is CC(C)NC(=O)CNCc1ccc2cc[nH]c2c1. The molecule has 4 nitrogen and oxygen atoms in total. The molecule has 0 fully saturated rings. The van der Waals surface area contributed by atoms with Crippen LogP contribution in [-0.2, 0) is 11.3 Å². The van der Waals surface area contributed by atoms with Gasteiger partial charge in [-0.2, -0.15) is 0 Å². The van der Waals surface area contributed by atoms with E-state index in [0.717, 1.165) is 5.52 Å². The van der Waals surface area contributed by atoms with Crippen molar-refractivity contribution in [3.8, 4) is 0 Å². The summed E-state index contributed by atoms with van der Waals surface area (Å²) in [4.78, 5) is 14.6. The van der Waals surface area contributed by atoms with Crippen molar-refractivity contribution >= 4 is 16.8 Å². The molecule has 18 heavy (non-hydrogen) atoms. The smallest absolute Gasteiger partial charge is 0.234 e. The van der Waals surface area contributed by atoms with Crippen LogP contribution in [0.15, 0.2) is 30.5 Å². The van der Waals surface area contributed by atoms with E-state index in [4.69, 9.17) is 0 Å². The number of hydrogen-bond acceptors (Lipinski definition) is 2. The summed E-state index contributed by atoms with van der Waals surface area (Å²) in [6, 6.07) is 8.49. The molecular formula is C14H19N3O. The van der Waals surface area contributed by atoms with Gasteiger partial charge in [-0.1, -0.05) is 12.1 Å². The van der Waals surface area contributed by atoms with Crippen molar-refractivity contribution in [2.24, 2.45) is 0 Å². The topological polar surface area (TPSA) is 56.9 Å². The summed E-state index contributed by atoms with van der Waals surface area (Å²) in [6.45, 7) is 4.95. The van der Waals surface area contributed by atoms with Gasteiger partial charge < -0.3 is 15.6 Å². The van der Waals surface area contributed by atoms with Crippen LogP contribution in [0.5, 0.6) is 0 Å². The Labute approximate surface area is 107 Å². The molecule has 2 rings (SSSR count). The van der Waals surface area contributed by atoms with E-state index in [1.807, 2.05) is 26.1 Å². The number of nitrogens with one attached hydrogen (secondary N) is 3. The zero-order chi connectivity index (χ0) is 13.0. The highest BCUT2D eigenvalue weighted by Gasteiger charge is 2.02. The Morgan fingerprint density at radius 3 is 2.94 bits per heavy atom. The van der Waals surface area contributed by atoms with Gasteiger partial charge in [0.05, 0.1) is 6.54 Å². The Balaban J connectivity index is 1.84. The van der Waals surface area contributed by atoms with E-state index < -0.39 is 0 Å². The summed E-state index contributed by atoms with van der Waals surface area (Å²) < 4.78 is 0. The van der Waals surface area contributed by atoms with E-state index in [-0.39, 0.29) is 11.9 Å². The standard InChI is InChI=1S/C14H19N3O/c1-10(2)17-14(18)9-15-8-11-3-4-12-5-6-16-13(12)7-11/h3-7,10,15-16H,8-9H2,1-2H3,(H,17,18). The van der Waals surface area contributed by atoms with Crippen molar-refractivity contribution < 1.29 is 4.79 Å². The molecule has 0 aliphatic carbocycles. The van der Waals surface area contributed by atoms with Gasteiger partial charge in [0, 0.05) is 24.3 Å². The number of carbonyl (C=O) groups is 1. The quantitative estimate of drug-likeness (QED) is 0.752. The van der Waals surface area contributed by atoms with Crippen molar-refractivity contribution in [3.63, 3.8) is 0 Å². The maximum atomic E-state index is 11.4. The number of hydrogen-bond donors (Lipinski definition) is 3. The molecule has 0 aliphatic heterocycles. The number of amides is 1. The van der Waals surface area contributed by atoms with Crippen LogP contribution in [0.4, 0.5) is 0 Å². The van der Waals surface area contributed by atoms with Crippen molar-refractivity contribution in [3.05, 3.63) is 36.0 Å². The number of aromatic amines is 1. The Bertz CT molecular complexity index is 531. The predicted octanol–water partition coefficient (Wildman–Crippen LogP) is 1.78. The molecule has 2 aromatic rings. The predicted molar refractivity (Wildman–Crippen MR) is 73.3 cm³/mol. The van der Waals surface area contributed by atoms with Crippen molar-refractivity contribution in [1.82, 2.24) is 15.6 Å². The minimum atomic E-state index is 0.0333. The van der Waals surface area contributed by atoms with Gasteiger partial charge in [-0.15, -0.1) is 0 Å². The summed E-state index contributed by atoms with van der Waals surface area (Å²) in [6.07, 6.45) is 1.93. The average molecular weight is 245 g/mol. The molecule has 0 spiro atoms. The maximum Gasteiger partial charge on any atom is 0.234 e. The maximum absolute atomic E-state index is 11.4. The fourth-order valence-corrected chi connectivity index (χ4v) is 1.90. The summed E-state index contributed by atoms with van der Waals surface area (Å²) in [5.74, 6) is 0.0333. The largest absolute Gasteiger partial charge is 0.361 e. The molecular weight excluding hydrogens is 226 g/mol. The zero-order valence-electron chi connectivity index (χ0n) is 10.8. The van der Waals surface area contributed by atoms with Crippen LogP contribution < -0.4 is 10.6 Å². The molecule has 0 bridgehead atoms. The van der Waals surface area contributed by atoms with Crippen LogP contribution in [0, 0.1) is 0 Å². The molecule has 1 aromatic carbocycles. The Morgan fingerprint density at radius 2 is 2.17 bits per heavy atom. The summed E-state index contributed by atoms with van der Waals surface area (Å²) in [5.41, 5.74) is 2.29. The molecule has 1 amide bonds. The first-order valence-electron chi connectivity index (χ1n) is 6.21. The van der Waals surface area contributed by atoms with Gasteiger partial charge in [-0.05, 0) is 36.9 Å². The Kier molecular flexibility index (Phi) is 3.99. The molecule has 0 saturated heterocycles. The van der Waals surface area contributed by atoms with E-state index in [1.165, 1.54) is 10.9 Å². The number of H-pyrrole nitrogens is 1. The second-order valence-electron chi connectivity index (χ2n) is 4.73. The molecule has 4 heteroatoms. The molecule has 96 valence electrons. The molecule has 3 N–H and O–H groups in total. The lowest BCUT2D eigenvalue weighted by molar-refractivity contribution is -0.120. The fourth-order valence-electron chi connectivity index (χ4n) is 1.90. The molecule has 0 saturated carbocycles. The minimum Gasteiger partial charge on any atom is -0.361 e. The molecule has 1 heterocycles. The second kappa shape index (κ2) is 5.69. The highest BCUT2D eigenvalue weighted by atomic mass is 16.1. The first kappa shape index (κ1) is 12.6. The molecule has 0 radical (unpaired) electrons. The van der Waals surface area contributed by atoms with Gasteiger partial charge in [0.2, 0.25) is 5.91 Å². The minimum absolute atomic E-state index is 0.0333. The second-order valence-corrected chi connectivity index (χ2v) is 4.73. The third-order valence-electron chi connectivity index (χ3n) is 2.68. The zero-order valence-corrected chi connectivity index (χ0v) is 10.8. The number of aromatic nitrogens is 1. The van der Waals surface area contributed by atoms with Crippen LogP contribution in [0.2, 0.25) is 0 Å². The lowest BCUT2D eigenvalue weighted by Gasteiger charge is -2.09. The van der Waals surface area contributed by atoms with Crippen molar-refractivity contribution in [2.45, 2.75) is 26.4 Å². The number of carbonyl (C=O) groups excluding carboxylic acids is 1. The van der Waals surface area contributed by atoms with Crippen LogP contribution in [0.1, 0.15) is 19.4 Å². The Morgan fingerprint density at radius 1 is 1.33 bits per heavy atom.